The van der Waals surface area contributed by atoms with Crippen molar-refractivity contribution in [3.8, 4) is 11.1 Å². The first-order chi connectivity index (χ1) is 16.2. The zero-order valence-electron chi connectivity index (χ0n) is 18.4. The molecule has 33 heavy (non-hydrogen) atoms. The monoisotopic (exact) mass is 442 g/mol. The van der Waals surface area contributed by atoms with E-state index in [-0.39, 0.29) is 12.6 Å². The number of carbonyl (C=O) groups is 1. The second kappa shape index (κ2) is 10.6. The number of aromatic nitrogens is 4. The van der Waals surface area contributed by atoms with Crippen molar-refractivity contribution in [1.82, 2.24) is 25.5 Å². The maximum Gasteiger partial charge on any atom is 0.327 e. The van der Waals surface area contributed by atoms with Gasteiger partial charge >= 0.3 is 5.97 Å². The van der Waals surface area contributed by atoms with E-state index in [0.717, 1.165) is 27.8 Å². The summed E-state index contributed by atoms with van der Waals surface area (Å²) in [6, 6.07) is 26.2. The van der Waals surface area contributed by atoms with Crippen molar-refractivity contribution in [1.29, 1.82) is 0 Å². The molecule has 0 aliphatic rings. The number of benzene rings is 3. The second-order valence-corrected chi connectivity index (χ2v) is 7.60. The molecule has 0 aliphatic heterocycles. The fourth-order valence-electron chi connectivity index (χ4n) is 3.66. The van der Waals surface area contributed by atoms with Crippen LogP contribution in [-0.4, -0.2) is 33.3 Å². The molecule has 1 heterocycles. The molecule has 0 bridgehead atoms. The highest BCUT2D eigenvalue weighted by atomic mass is 16.5. The number of methoxy groups -OCH3 is 1. The lowest BCUT2D eigenvalue weighted by atomic mass is 10.00. The normalized spacial score (nSPS) is 11.8. The van der Waals surface area contributed by atoms with Crippen LogP contribution in [0.4, 0.5) is 0 Å². The summed E-state index contributed by atoms with van der Waals surface area (Å²) in [5.74, 6) is 0.111. The van der Waals surface area contributed by atoms with Crippen molar-refractivity contribution >= 4 is 5.97 Å². The van der Waals surface area contributed by atoms with Crippen LogP contribution < -0.4 is 11.1 Å². The summed E-state index contributed by atoms with van der Waals surface area (Å²) in [5.41, 5.74) is 11.2. The van der Waals surface area contributed by atoms with Crippen molar-refractivity contribution in [2.24, 2.45) is 5.73 Å². The standard InChI is InChI=1S/C25H26N6O2/c1-33-23(32)17-31-25(28-29-30-31)24(27-16-19-7-5-6-18(14-19)15-26)22-12-10-21(11-13-22)20-8-3-2-4-9-20/h2-14,24,27H,15-17,26H2,1H3. The van der Waals surface area contributed by atoms with Crippen LogP contribution in [0, 0.1) is 0 Å². The van der Waals surface area contributed by atoms with E-state index in [1.165, 1.54) is 11.8 Å². The van der Waals surface area contributed by atoms with Crippen molar-refractivity contribution < 1.29 is 9.53 Å². The first kappa shape index (κ1) is 22.3. The Morgan fingerprint density at radius 3 is 2.45 bits per heavy atom. The first-order valence-electron chi connectivity index (χ1n) is 10.7. The quantitative estimate of drug-likeness (QED) is 0.384. The summed E-state index contributed by atoms with van der Waals surface area (Å²) in [6.07, 6.45) is 0. The van der Waals surface area contributed by atoms with Crippen molar-refractivity contribution in [3.05, 3.63) is 101 Å². The Morgan fingerprint density at radius 1 is 1.00 bits per heavy atom. The number of hydrogen-bond donors (Lipinski definition) is 2. The SMILES string of the molecule is COC(=O)Cn1nnnc1C(NCc1cccc(CN)c1)c1ccc(-c2ccccc2)cc1. The van der Waals surface area contributed by atoms with E-state index >= 15 is 0 Å². The van der Waals surface area contributed by atoms with E-state index in [4.69, 9.17) is 10.5 Å². The summed E-state index contributed by atoms with van der Waals surface area (Å²) in [4.78, 5) is 11.9. The molecule has 4 aromatic rings. The fourth-order valence-corrected chi connectivity index (χ4v) is 3.66. The van der Waals surface area contributed by atoms with Crippen LogP contribution in [0.1, 0.15) is 28.6 Å². The fraction of sp³-hybridized carbons (Fsp3) is 0.200. The smallest absolute Gasteiger partial charge is 0.327 e. The van der Waals surface area contributed by atoms with E-state index in [2.05, 4.69) is 51.2 Å². The molecule has 1 atom stereocenters. The minimum atomic E-state index is -0.419. The molecule has 0 radical (unpaired) electrons. The lowest BCUT2D eigenvalue weighted by Crippen LogP contribution is -2.27. The van der Waals surface area contributed by atoms with E-state index in [1.807, 2.05) is 48.5 Å². The van der Waals surface area contributed by atoms with Crippen LogP contribution in [0.15, 0.2) is 78.9 Å². The molecule has 0 saturated heterocycles. The van der Waals surface area contributed by atoms with Gasteiger partial charge in [0.05, 0.1) is 13.2 Å². The van der Waals surface area contributed by atoms with E-state index in [1.54, 1.807) is 0 Å². The number of nitrogens with zero attached hydrogens (tertiary/aromatic N) is 4. The highest BCUT2D eigenvalue weighted by Gasteiger charge is 2.22. The van der Waals surface area contributed by atoms with Crippen LogP contribution in [0.25, 0.3) is 11.1 Å². The molecule has 1 aromatic heterocycles. The van der Waals surface area contributed by atoms with Gasteiger partial charge in [0.2, 0.25) is 0 Å². The van der Waals surface area contributed by atoms with Crippen molar-refractivity contribution in [3.63, 3.8) is 0 Å². The lowest BCUT2D eigenvalue weighted by Gasteiger charge is -2.19. The summed E-state index contributed by atoms with van der Waals surface area (Å²) in [5, 5.41) is 15.6. The van der Waals surface area contributed by atoms with Crippen molar-refractivity contribution in [2.75, 3.05) is 7.11 Å². The Labute approximate surface area is 192 Å². The van der Waals surface area contributed by atoms with Crippen molar-refractivity contribution in [2.45, 2.75) is 25.7 Å². The summed E-state index contributed by atoms with van der Waals surface area (Å²) < 4.78 is 6.26. The third-order valence-corrected chi connectivity index (χ3v) is 5.41. The Kier molecular flexibility index (Phi) is 7.19. The van der Waals surface area contributed by atoms with Crippen LogP contribution >= 0.6 is 0 Å². The van der Waals surface area contributed by atoms with Crippen LogP contribution in [0.3, 0.4) is 0 Å². The molecule has 8 heteroatoms. The molecule has 0 aliphatic carbocycles. The predicted octanol–water partition coefficient (Wildman–Crippen LogP) is 2.85. The number of tetrazole rings is 1. The Morgan fingerprint density at radius 2 is 1.73 bits per heavy atom. The molecular formula is C25H26N6O2. The third-order valence-electron chi connectivity index (χ3n) is 5.41. The van der Waals surface area contributed by atoms with Crippen LogP contribution in [-0.2, 0) is 29.2 Å². The number of carbonyl (C=O) groups excluding carboxylic acids is 1. The minimum absolute atomic E-state index is 0.0677. The molecule has 0 spiro atoms. The molecule has 0 saturated carbocycles. The number of hydrogen-bond acceptors (Lipinski definition) is 7. The molecule has 3 aromatic carbocycles. The zero-order chi connectivity index (χ0) is 23.0. The van der Waals surface area contributed by atoms with Crippen LogP contribution in [0.5, 0.6) is 0 Å². The van der Waals surface area contributed by atoms with Gasteiger partial charge in [-0.1, -0.05) is 78.9 Å². The molecule has 0 amide bonds. The minimum Gasteiger partial charge on any atom is -0.468 e. The molecule has 3 N–H and O–H groups in total. The van der Waals surface area contributed by atoms with Gasteiger partial charge in [0.1, 0.15) is 6.54 Å². The maximum atomic E-state index is 11.9. The number of nitrogens with one attached hydrogen (secondary N) is 1. The highest BCUT2D eigenvalue weighted by molar-refractivity contribution is 5.69. The Bertz CT molecular complexity index is 1190. The van der Waals surface area contributed by atoms with E-state index < -0.39 is 5.97 Å². The number of nitrogens with two attached hydrogens (primary N) is 1. The highest BCUT2D eigenvalue weighted by Crippen LogP contribution is 2.25. The van der Waals surface area contributed by atoms with Gasteiger partial charge in [-0.15, -0.1) is 5.10 Å². The van der Waals surface area contributed by atoms with Gasteiger partial charge in [0.15, 0.2) is 5.82 Å². The molecule has 168 valence electrons. The summed E-state index contributed by atoms with van der Waals surface area (Å²) in [7, 11) is 1.34. The Balaban J connectivity index is 1.64. The number of esters is 1. The second-order valence-electron chi connectivity index (χ2n) is 7.60. The predicted molar refractivity (Wildman–Crippen MR) is 125 cm³/mol. The van der Waals surface area contributed by atoms with E-state index in [0.29, 0.717) is 18.9 Å². The average molecular weight is 443 g/mol. The molecule has 8 nitrogen and oxygen atoms in total. The topological polar surface area (TPSA) is 108 Å². The maximum absolute atomic E-state index is 11.9. The molecule has 1 unspecified atom stereocenters. The van der Waals surface area contributed by atoms with Gasteiger partial charge < -0.3 is 10.5 Å². The lowest BCUT2D eigenvalue weighted by molar-refractivity contribution is -0.141. The van der Waals surface area contributed by atoms with Crippen LogP contribution in [0.2, 0.25) is 0 Å². The van der Waals surface area contributed by atoms with Gasteiger partial charge in [-0.25, -0.2) is 4.68 Å². The Hall–Kier alpha value is -3.88. The summed E-state index contributed by atoms with van der Waals surface area (Å²) >= 11 is 0. The number of rotatable bonds is 9. The first-order valence-corrected chi connectivity index (χ1v) is 10.7. The zero-order valence-corrected chi connectivity index (χ0v) is 18.4. The molecule has 0 fully saturated rings. The van der Waals surface area contributed by atoms with E-state index in [9.17, 15) is 4.79 Å². The molecular weight excluding hydrogens is 416 g/mol. The largest absolute Gasteiger partial charge is 0.468 e. The van der Waals surface area contributed by atoms with Gasteiger partial charge in [-0.3, -0.25) is 10.1 Å². The van der Waals surface area contributed by atoms with Gasteiger partial charge in [0, 0.05) is 13.1 Å². The third kappa shape index (κ3) is 5.49. The van der Waals surface area contributed by atoms with Gasteiger partial charge in [-0.2, -0.15) is 0 Å². The summed E-state index contributed by atoms with van der Waals surface area (Å²) in [6.45, 7) is 0.987. The van der Waals surface area contributed by atoms with Gasteiger partial charge in [0.25, 0.3) is 0 Å². The average Bonchev–Trinajstić information content (AvgIpc) is 3.32. The van der Waals surface area contributed by atoms with Gasteiger partial charge in [-0.05, 0) is 38.2 Å². The molecule has 4 rings (SSSR count). The number of ether oxygens (including phenoxy) is 1.